The lowest BCUT2D eigenvalue weighted by molar-refractivity contribution is 0.0626. The number of hydrogen-bond donors (Lipinski definition) is 0. The molecule has 0 spiro atoms. The first-order chi connectivity index (χ1) is 10.2. The van der Waals surface area contributed by atoms with Crippen LogP contribution in [0.5, 0.6) is 0 Å². The summed E-state index contributed by atoms with van der Waals surface area (Å²) in [5, 5.41) is 0. The van der Waals surface area contributed by atoms with Gasteiger partial charge in [0, 0.05) is 57.2 Å². The summed E-state index contributed by atoms with van der Waals surface area (Å²) in [6.07, 6.45) is 2.07. The number of hydrogen-bond acceptors (Lipinski definition) is 2. The molecule has 1 amide bonds. The van der Waals surface area contributed by atoms with E-state index in [4.69, 9.17) is 0 Å². The van der Waals surface area contributed by atoms with Crippen LogP contribution in [0.3, 0.4) is 0 Å². The summed E-state index contributed by atoms with van der Waals surface area (Å²) in [5.41, 5.74) is 2.10. The average Bonchev–Trinajstić information content (AvgIpc) is 2.93. The highest BCUT2D eigenvalue weighted by atomic mass is 16.2. The molecule has 0 atom stereocenters. The van der Waals surface area contributed by atoms with Crippen molar-refractivity contribution in [2.75, 3.05) is 26.2 Å². The van der Waals surface area contributed by atoms with Crippen molar-refractivity contribution in [2.24, 2.45) is 7.05 Å². The monoisotopic (exact) mass is 283 g/mol. The number of benzene rings is 1. The topological polar surface area (TPSA) is 28.5 Å². The van der Waals surface area contributed by atoms with Crippen LogP contribution in [0.25, 0.3) is 0 Å². The first-order valence-corrected chi connectivity index (χ1v) is 7.41. The molecule has 0 radical (unpaired) electrons. The van der Waals surface area contributed by atoms with Crippen molar-refractivity contribution in [1.82, 2.24) is 14.4 Å². The molecular weight excluding hydrogens is 262 g/mol. The molecule has 0 aliphatic carbocycles. The molecule has 4 nitrogen and oxygen atoms in total. The lowest BCUT2D eigenvalue weighted by Gasteiger charge is -2.34. The van der Waals surface area contributed by atoms with E-state index in [1.165, 1.54) is 5.69 Å². The Kier molecular flexibility index (Phi) is 4.06. The zero-order valence-corrected chi connectivity index (χ0v) is 12.4. The molecule has 3 rings (SSSR count). The first kappa shape index (κ1) is 13.9. The van der Waals surface area contributed by atoms with Gasteiger partial charge in [-0.1, -0.05) is 18.2 Å². The van der Waals surface area contributed by atoms with E-state index in [2.05, 4.69) is 34.8 Å². The van der Waals surface area contributed by atoms with Gasteiger partial charge >= 0.3 is 0 Å². The summed E-state index contributed by atoms with van der Waals surface area (Å²) in [7, 11) is 2.07. The first-order valence-electron chi connectivity index (χ1n) is 7.41. The minimum absolute atomic E-state index is 0.147. The van der Waals surface area contributed by atoms with Gasteiger partial charge in [0.15, 0.2) is 0 Å². The van der Waals surface area contributed by atoms with Crippen molar-refractivity contribution in [1.29, 1.82) is 0 Å². The van der Waals surface area contributed by atoms with E-state index in [0.717, 1.165) is 38.3 Å². The molecule has 21 heavy (non-hydrogen) atoms. The zero-order chi connectivity index (χ0) is 14.7. The molecule has 1 saturated heterocycles. The number of rotatable bonds is 3. The lowest BCUT2D eigenvalue weighted by atomic mass is 10.2. The Labute approximate surface area is 125 Å². The normalized spacial score (nSPS) is 16.1. The van der Waals surface area contributed by atoms with Crippen LogP contribution in [0.4, 0.5) is 0 Å². The van der Waals surface area contributed by atoms with E-state index in [9.17, 15) is 4.79 Å². The third kappa shape index (κ3) is 3.16. The molecule has 1 aromatic carbocycles. The summed E-state index contributed by atoms with van der Waals surface area (Å²) >= 11 is 0. The molecule has 1 aromatic heterocycles. The second-order valence-electron chi connectivity index (χ2n) is 5.54. The molecule has 0 unspecified atom stereocenters. The average molecular weight is 283 g/mol. The van der Waals surface area contributed by atoms with Gasteiger partial charge in [0.2, 0.25) is 0 Å². The number of aromatic nitrogens is 1. The molecule has 1 aliphatic heterocycles. The smallest absolute Gasteiger partial charge is 0.253 e. The van der Waals surface area contributed by atoms with Gasteiger partial charge in [-0.2, -0.15) is 0 Å². The maximum Gasteiger partial charge on any atom is 0.253 e. The van der Waals surface area contributed by atoms with Crippen LogP contribution < -0.4 is 0 Å². The lowest BCUT2D eigenvalue weighted by Crippen LogP contribution is -2.48. The molecule has 1 aliphatic rings. The summed E-state index contributed by atoms with van der Waals surface area (Å²) < 4.78 is 2.15. The molecule has 1 fully saturated rings. The Hall–Kier alpha value is -2.07. The van der Waals surface area contributed by atoms with E-state index >= 15 is 0 Å². The van der Waals surface area contributed by atoms with Crippen molar-refractivity contribution >= 4 is 5.91 Å². The van der Waals surface area contributed by atoms with Crippen LogP contribution in [0, 0.1) is 0 Å². The van der Waals surface area contributed by atoms with E-state index in [0.29, 0.717) is 0 Å². The third-order valence-corrected chi connectivity index (χ3v) is 4.12. The SMILES string of the molecule is Cn1cccc1CN1CCN(C(=O)c2ccccc2)CC1. The van der Waals surface area contributed by atoms with E-state index < -0.39 is 0 Å². The van der Waals surface area contributed by atoms with Gasteiger partial charge in [-0.3, -0.25) is 9.69 Å². The van der Waals surface area contributed by atoms with E-state index in [-0.39, 0.29) is 5.91 Å². The Balaban J connectivity index is 1.56. The van der Waals surface area contributed by atoms with Gasteiger partial charge in [-0.15, -0.1) is 0 Å². The van der Waals surface area contributed by atoms with Crippen molar-refractivity contribution < 1.29 is 4.79 Å². The summed E-state index contributed by atoms with van der Waals surface area (Å²) in [6, 6.07) is 13.8. The van der Waals surface area contributed by atoms with Crippen molar-refractivity contribution in [3.63, 3.8) is 0 Å². The molecule has 0 saturated carbocycles. The van der Waals surface area contributed by atoms with Crippen molar-refractivity contribution in [2.45, 2.75) is 6.54 Å². The van der Waals surface area contributed by atoms with Crippen molar-refractivity contribution in [3.8, 4) is 0 Å². The second-order valence-corrected chi connectivity index (χ2v) is 5.54. The number of piperazine rings is 1. The predicted molar refractivity (Wildman–Crippen MR) is 83.0 cm³/mol. The molecule has 110 valence electrons. The Morgan fingerprint density at radius 3 is 2.33 bits per heavy atom. The van der Waals surface area contributed by atoms with Crippen LogP contribution in [0.15, 0.2) is 48.7 Å². The van der Waals surface area contributed by atoms with Gasteiger partial charge in [0.1, 0.15) is 0 Å². The largest absolute Gasteiger partial charge is 0.353 e. The number of aryl methyl sites for hydroxylation is 1. The third-order valence-electron chi connectivity index (χ3n) is 4.12. The minimum Gasteiger partial charge on any atom is -0.353 e. The second kappa shape index (κ2) is 6.14. The van der Waals surface area contributed by atoms with Crippen LogP contribution in [-0.4, -0.2) is 46.5 Å². The van der Waals surface area contributed by atoms with Crippen molar-refractivity contribution in [3.05, 3.63) is 59.9 Å². The highest BCUT2D eigenvalue weighted by Gasteiger charge is 2.22. The fourth-order valence-electron chi connectivity index (χ4n) is 2.76. The number of carbonyl (C=O) groups is 1. The fourth-order valence-corrected chi connectivity index (χ4v) is 2.76. The maximum atomic E-state index is 12.4. The maximum absolute atomic E-state index is 12.4. The number of amides is 1. The van der Waals surface area contributed by atoms with E-state index in [1.807, 2.05) is 35.2 Å². The van der Waals surface area contributed by atoms with Gasteiger partial charge in [-0.05, 0) is 24.3 Å². The van der Waals surface area contributed by atoms with Crippen LogP contribution >= 0.6 is 0 Å². The zero-order valence-electron chi connectivity index (χ0n) is 12.4. The van der Waals surface area contributed by atoms with E-state index in [1.54, 1.807) is 0 Å². The molecule has 0 bridgehead atoms. The highest BCUT2D eigenvalue weighted by molar-refractivity contribution is 5.94. The molecule has 4 heteroatoms. The standard InChI is InChI=1S/C17H21N3O/c1-18-9-5-8-16(18)14-19-10-12-20(13-11-19)17(21)15-6-3-2-4-7-15/h2-9H,10-14H2,1H3. The highest BCUT2D eigenvalue weighted by Crippen LogP contribution is 2.11. The molecule has 2 heterocycles. The molecular formula is C17H21N3O. The summed E-state index contributed by atoms with van der Waals surface area (Å²) in [5.74, 6) is 0.147. The Bertz CT molecular complexity index is 598. The molecule has 2 aromatic rings. The predicted octanol–water partition coefficient (Wildman–Crippen LogP) is 1.98. The van der Waals surface area contributed by atoms with Crippen LogP contribution in [-0.2, 0) is 13.6 Å². The quantitative estimate of drug-likeness (QED) is 0.862. The number of carbonyl (C=O) groups excluding carboxylic acids is 1. The summed E-state index contributed by atoms with van der Waals surface area (Å²) in [6.45, 7) is 4.43. The summed E-state index contributed by atoms with van der Waals surface area (Å²) in [4.78, 5) is 16.7. The van der Waals surface area contributed by atoms with Gasteiger partial charge in [0.25, 0.3) is 5.91 Å². The van der Waals surface area contributed by atoms with Crippen LogP contribution in [0.1, 0.15) is 16.1 Å². The molecule has 0 N–H and O–H groups in total. The minimum atomic E-state index is 0.147. The van der Waals surface area contributed by atoms with Gasteiger partial charge in [0.05, 0.1) is 0 Å². The fraction of sp³-hybridized carbons (Fsp3) is 0.353. The number of nitrogens with zero attached hydrogens (tertiary/aromatic N) is 3. The Morgan fingerprint density at radius 2 is 1.71 bits per heavy atom. The van der Waals surface area contributed by atoms with Crippen LogP contribution in [0.2, 0.25) is 0 Å². The van der Waals surface area contributed by atoms with Gasteiger partial charge < -0.3 is 9.47 Å². The van der Waals surface area contributed by atoms with Gasteiger partial charge in [-0.25, -0.2) is 0 Å². The Morgan fingerprint density at radius 1 is 1.00 bits per heavy atom.